The Balaban J connectivity index is 1.48. The van der Waals surface area contributed by atoms with E-state index in [2.05, 4.69) is 33.9 Å². The Labute approximate surface area is 178 Å². The summed E-state index contributed by atoms with van der Waals surface area (Å²) in [6.07, 6.45) is 2.15. The zero-order chi connectivity index (χ0) is 20.4. The Kier molecular flexibility index (Phi) is 6.45. The number of unbranched alkanes of at least 4 members (excludes halogenated alkanes) is 1. The Bertz CT molecular complexity index is 850. The van der Waals surface area contributed by atoms with Gasteiger partial charge in [0.2, 0.25) is 0 Å². The Morgan fingerprint density at radius 3 is 2.38 bits per heavy atom. The fourth-order valence-electron chi connectivity index (χ4n) is 3.95. The summed E-state index contributed by atoms with van der Waals surface area (Å²) >= 11 is 1.66. The van der Waals surface area contributed by atoms with E-state index in [-0.39, 0.29) is 5.56 Å². The fourth-order valence-corrected chi connectivity index (χ4v) is 5.21. The molecule has 0 bridgehead atoms. The number of fused-ring (bicyclic) bond motifs is 2. The average Bonchev–Trinajstić information content (AvgIpc) is 2.70. The number of nitrogens with zero attached hydrogens (tertiary/aromatic N) is 3. The van der Waals surface area contributed by atoms with Gasteiger partial charge in [-0.25, -0.2) is 0 Å². The van der Waals surface area contributed by atoms with Crippen LogP contribution >= 0.6 is 21.0 Å². The molecule has 0 saturated carbocycles. The number of hydrogen-bond donors (Lipinski definition) is 0. The second-order valence-electron chi connectivity index (χ2n) is 7.88. The number of likely N-dealkylation sites (N-methyl/N-ethyl adjacent to an activating group) is 1. The maximum atomic E-state index is 13.9. The van der Waals surface area contributed by atoms with E-state index in [0.29, 0.717) is 0 Å². The lowest BCUT2D eigenvalue weighted by molar-refractivity contribution is 0.104. The average molecular weight is 436 g/mol. The van der Waals surface area contributed by atoms with Crippen molar-refractivity contribution >= 4 is 32.4 Å². The van der Waals surface area contributed by atoms with Gasteiger partial charge in [0, 0.05) is 48.1 Å². The van der Waals surface area contributed by atoms with Crippen LogP contribution in [0.3, 0.4) is 0 Å². The molecule has 1 atom stereocenters. The van der Waals surface area contributed by atoms with Gasteiger partial charge < -0.3 is 14.7 Å². The number of piperazine rings is 1. The molecule has 4 rings (SSSR count). The van der Waals surface area contributed by atoms with E-state index in [9.17, 15) is 8.78 Å². The van der Waals surface area contributed by atoms with Crippen molar-refractivity contribution in [2.75, 3.05) is 51.2 Å². The molecule has 0 spiro atoms. The quantitative estimate of drug-likeness (QED) is 0.453. The standard InChI is InChI=1S/C22H28F2N3PS/c1-25-12-14-26(15-13-25)10-4-5-11-27-18-6-2-3-7-20(18)29-21-9-8-17(16-19(21)27)22(23,24)28/h2-3,6-9,16H,4-5,10-15,28H2,1H3. The van der Waals surface area contributed by atoms with Crippen molar-refractivity contribution in [3.8, 4) is 0 Å². The third kappa shape index (κ3) is 4.93. The first-order valence-corrected chi connectivity index (χ1v) is 11.6. The summed E-state index contributed by atoms with van der Waals surface area (Å²) in [7, 11) is 3.83. The van der Waals surface area contributed by atoms with E-state index < -0.39 is 5.66 Å². The highest BCUT2D eigenvalue weighted by atomic mass is 32.2. The van der Waals surface area contributed by atoms with E-state index >= 15 is 0 Å². The normalized spacial score (nSPS) is 17.9. The highest BCUT2D eigenvalue weighted by Crippen LogP contribution is 2.50. The second kappa shape index (κ2) is 8.89. The molecule has 0 aromatic heterocycles. The molecule has 0 amide bonds. The van der Waals surface area contributed by atoms with Gasteiger partial charge in [0.15, 0.2) is 0 Å². The SMILES string of the molecule is CN1CCN(CCCCN2c3ccccc3Sc3ccc(C(F)(F)P)cc32)CC1. The fraction of sp³-hybridized carbons (Fsp3) is 0.455. The lowest BCUT2D eigenvalue weighted by Gasteiger charge is -2.34. The van der Waals surface area contributed by atoms with Gasteiger partial charge in [0.05, 0.1) is 11.4 Å². The highest BCUT2D eigenvalue weighted by Gasteiger charge is 2.29. The number of halogens is 2. The van der Waals surface area contributed by atoms with E-state index in [1.54, 1.807) is 33.1 Å². The molecule has 3 nitrogen and oxygen atoms in total. The minimum Gasteiger partial charge on any atom is -0.340 e. The monoisotopic (exact) mass is 435 g/mol. The first kappa shape index (κ1) is 21.0. The van der Waals surface area contributed by atoms with Crippen LogP contribution in [-0.2, 0) is 5.66 Å². The van der Waals surface area contributed by atoms with Crippen molar-refractivity contribution in [1.82, 2.24) is 9.80 Å². The smallest absolute Gasteiger partial charge is 0.283 e. The predicted molar refractivity (Wildman–Crippen MR) is 121 cm³/mol. The molecule has 1 saturated heterocycles. The summed E-state index contributed by atoms with van der Waals surface area (Å²) in [5.74, 6) is 0. The first-order valence-electron chi connectivity index (χ1n) is 10.2. The largest absolute Gasteiger partial charge is 0.340 e. The van der Waals surface area contributed by atoms with E-state index in [0.717, 1.165) is 68.4 Å². The zero-order valence-corrected chi connectivity index (χ0v) is 18.8. The molecule has 2 heterocycles. The van der Waals surface area contributed by atoms with Gasteiger partial charge in [-0.15, -0.1) is 0 Å². The molecule has 0 aliphatic carbocycles. The number of benzene rings is 2. The van der Waals surface area contributed by atoms with Gasteiger partial charge in [-0.05, 0) is 50.7 Å². The van der Waals surface area contributed by atoms with Crippen LogP contribution in [0.5, 0.6) is 0 Å². The number of hydrogen-bond acceptors (Lipinski definition) is 4. The summed E-state index contributed by atoms with van der Waals surface area (Å²) in [4.78, 5) is 9.35. The zero-order valence-electron chi connectivity index (χ0n) is 16.8. The van der Waals surface area contributed by atoms with Crippen molar-refractivity contribution in [3.63, 3.8) is 0 Å². The summed E-state index contributed by atoms with van der Waals surface area (Å²) < 4.78 is 27.8. The minimum atomic E-state index is -2.91. The molecule has 1 unspecified atom stereocenters. The second-order valence-corrected chi connectivity index (χ2v) is 9.69. The topological polar surface area (TPSA) is 9.72 Å². The van der Waals surface area contributed by atoms with Crippen molar-refractivity contribution in [3.05, 3.63) is 48.0 Å². The van der Waals surface area contributed by atoms with E-state index in [1.807, 2.05) is 18.2 Å². The molecule has 7 heteroatoms. The summed E-state index contributed by atoms with van der Waals surface area (Å²) in [5.41, 5.74) is -0.852. The van der Waals surface area contributed by atoms with Gasteiger partial charge in [-0.1, -0.05) is 39.2 Å². The molecule has 2 aliphatic rings. The van der Waals surface area contributed by atoms with Crippen LogP contribution in [0.2, 0.25) is 0 Å². The molecule has 2 aromatic rings. The highest BCUT2D eigenvalue weighted by molar-refractivity contribution is 7.99. The van der Waals surface area contributed by atoms with Crippen LogP contribution in [0.1, 0.15) is 18.4 Å². The Morgan fingerprint density at radius 2 is 1.62 bits per heavy atom. The molecular weight excluding hydrogens is 407 g/mol. The maximum Gasteiger partial charge on any atom is 0.283 e. The van der Waals surface area contributed by atoms with Gasteiger partial charge >= 0.3 is 0 Å². The van der Waals surface area contributed by atoms with Gasteiger partial charge in [-0.2, -0.15) is 8.78 Å². The number of rotatable bonds is 6. The van der Waals surface area contributed by atoms with E-state index in [4.69, 9.17) is 0 Å². The lowest BCUT2D eigenvalue weighted by Crippen LogP contribution is -2.44. The third-order valence-corrected chi connectivity index (χ3v) is 7.18. The maximum absolute atomic E-state index is 13.9. The van der Waals surface area contributed by atoms with Crippen LogP contribution in [0.25, 0.3) is 0 Å². The van der Waals surface area contributed by atoms with Crippen molar-refractivity contribution in [1.29, 1.82) is 0 Å². The molecule has 156 valence electrons. The van der Waals surface area contributed by atoms with Gasteiger partial charge in [0.25, 0.3) is 5.66 Å². The molecule has 2 aromatic carbocycles. The lowest BCUT2D eigenvalue weighted by atomic mass is 10.1. The van der Waals surface area contributed by atoms with Gasteiger partial charge in [-0.3, -0.25) is 0 Å². The van der Waals surface area contributed by atoms with Crippen LogP contribution < -0.4 is 4.90 Å². The van der Waals surface area contributed by atoms with Gasteiger partial charge in [0.1, 0.15) is 0 Å². The molecule has 0 N–H and O–H groups in total. The van der Waals surface area contributed by atoms with Crippen LogP contribution in [0.4, 0.5) is 20.2 Å². The Hall–Kier alpha value is -1.20. The summed E-state index contributed by atoms with van der Waals surface area (Å²) in [5, 5.41) is 0. The number of anilines is 2. The van der Waals surface area contributed by atoms with Crippen molar-refractivity contribution < 1.29 is 8.78 Å². The number of para-hydroxylation sites is 1. The van der Waals surface area contributed by atoms with Crippen molar-refractivity contribution in [2.24, 2.45) is 0 Å². The molecule has 2 aliphatic heterocycles. The molecule has 0 radical (unpaired) electrons. The minimum absolute atomic E-state index is 0.0451. The molecular formula is C22H28F2N3PS. The van der Waals surface area contributed by atoms with Crippen molar-refractivity contribution in [2.45, 2.75) is 28.3 Å². The molecule has 29 heavy (non-hydrogen) atoms. The van der Waals surface area contributed by atoms with E-state index in [1.165, 1.54) is 4.90 Å². The molecule has 1 fully saturated rings. The summed E-state index contributed by atoms with van der Waals surface area (Å²) in [6.45, 7) is 6.48. The van der Waals surface area contributed by atoms with Crippen LogP contribution in [0.15, 0.2) is 52.3 Å². The predicted octanol–water partition coefficient (Wildman–Crippen LogP) is 5.24. The Morgan fingerprint density at radius 1 is 0.931 bits per heavy atom. The third-order valence-electron chi connectivity index (χ3n) is 5.71. The first-order chi connectivity index (χ1) is 13.9. The summed E-state index contributed by atoms with van der Waals surface area (Å²) in [6, 6.07) is 13.3. The van der Waals surface area contributed by atoms with Crippen LogP contribution in [-0.4, -0.2) is 56.1 Å². The van der Waals surface area contributed by atoms with Crippen LogP contribution in [0, 0.1) is 0 Å². The number of alkyl halides is 2.